The maximum Gasteiger partial charge on any atom is 0.301 e. The van der Waals surface area contributed by atoms with E-state index in [1.165, 1.54) is 53.5 Å². The molecule has 1 heterocycles. The number of nitro benzene ring substituents is 1. The van der Waals surface area contributed by atoms with Crippen LogP contribution in [0.3, 0.4) is 0 Å². The third-order valence-corrected chi connectivity index (χ3v) is 5.49. The second-order valence-corrected chi connectivity index (χ2v) is 8.20. The molecule has 0 fully saturated rings. The van der Waals surface area contributed by atoms with Crippen LogP contribution in [0.25, 0.3) is 0 Å². The van der Waals surface area contributed by atoms with E-state index in [1.54, 1.807) is 30.3 Å². The molecule has 3 aromatic rings. The molecule has 0 bridgehead atoms. The zero-order chi connectivity index (χ0) is 23.6. The summed E-state index contributed by atoms with van der Waals surface area (Å²) in [4.78, 5) is 23.2. The van der Waals surface area contributed by atoms with E-state index in [0.29, 0.717) is 16.9 Å². The fraction of sp³-hybridized carbons (Fsp3) is 0. The average Bonchev–Trinajstić information content (AvgIpc) is 3.14. The van der Waals surface area contributed by atoms with Crippen LogP contribution in [0, 0.1) is 10.1 Å². The van der Waals surface area contributed by atoms with Crippen molar-refractivity contribution < 1.29 is 22.7 Å². The minimum Gasteiger partial charge on any atom is -0.282 e. The first-order valence-corrected chi connectivity index (χ1v) is 10.8. The monoisotopic (exact) mass is 465 g/mol. The summed E-state index contributed by atoms with van der Waals surface area (Å²) in [7, 11) is -4.34. The zero-order valence-corrected chi connectivity index (χ0v) is 17.5. The number of non-ortho nitro benzene ring substituents is 1. The number of nitro groups is 1. The van der Waals surface area contributed by atoms with Gasteiger partial charge in [0.1, 0.15) is 5.71 Å². The first kappa shape index (κ1) is 21.8. The highest BCUT2D eigenvalue weighted by Crippen LogP contribution is 2.23. The number of nitrogens with zero attached hydrogens (tertiary/aromatic N) is 4. The molecular formula is C21H15N5O6S. The lowest BCUT2D eigenvalue weighted by Gasteiger charge is -2.10. The van der Waals surface area contributed by atoms with Crippen LogP contribution in [0.5, 0.6) is 0 Å². The molecule has 11 nitrogen and oxygen atoms in total. The molecule has 4 rings (SSSR count). The van der Waals surface area contributed by atoms with E-state index < -0.39 is 20.9 Å². The van der Waals surface area contributed by atoms with Gasteiger partial charge in [-0.05, 0) is 48.5 Å². The second-order valence-electron chi connectivity index (χ2n) is 6.78. The molecule has 2 N–H and O–H groups in total. The molecule has 0 aliphatic carbocycles. The summed E-state index contributed by atoms with van der Waals surface area (Å²) in [5.74, 6) is -0.531. The minimum absolute atomic E-state index is 0.0495. The van der Waals surface area contributed by atoms with Gasteiger partial charge in [0.05, 0.1) is 21.2 Å². The maximum atomic E-state index is 13.1. The average molecular weight is 465 g/mol. The normalized spacial score (nSPS) is 14.9. The Labute approximate surface area is 187 Å². The van der Waals surface area contributed by atoms with Crippen molar-refractivity contribution in [2.45, 2.75) is 4.90 Å². The fourth-order valence-corrected chi connectivity index (χ4v) is 3.48. The third kappa shape index (κ3) is 4.61. The van der Waals surface area contributed by atoms with Gasteiger partial charge in [0.15, 0.2) is 5.71 Å². The summed E-state index contributed by atoms with van der Waals surface area (Å²) in [6, 6.07) is 19.3. The van der Waals surface area contributed by atoms with Crippen molar-refractivity contribution in [2.24, 2.45) is 10.2 Å². The maximum absolute atomic E-state index is 13.1. The minimum atomic E-state index is -4.34. The summed E-state index contributed by atoms with van der Waals surface area (Å²) >= 11 is 0. The van der Waals surface area contributed by atoms with Gasteiger partial charge in [-0.25, -0.2) is 0 Å². The van der Waals surface area contributed by atoms with Crippen molar-refractivity contribution in [1.29, 1.82) is 0 Å². The molecule has 12 heteroatoms. The summed E-state index contributed by atoms with van der Waals surface area (Å²) in [6.45, 7) is 0. The zero-order valence-electron chi connectivity index (χ0n) is 16.7. The molecule has 0 aromatic heterocycles. The fourth-order valence-electron chi connectivity index (χ4n) is 3.00. The number of nitrogens with one attached hydrogen (secondary N) is 1. The number of rotatable bonds is 6. The van der Waals surface area contributed by atoms with Crippen molar-refractivity contribution in [3.63, 3.8) is 0 Å². The van der Waals surface area contributed by atoms with Gasteiger partial charge < -0.3 is 0 Å². The van der Waals surface area contributed by atoms with Gasteiger partial charge >= 0.3 is 5.91 Å². The van der Waals surface area contributed by atoms with E-state index in [-0.39, 0.29) is 22.0 Å². The number of benzene rings is 3. The summed E-state index contributed by atoms with van der Waals surface area (Å²) < 4.78 is 31.5. The number of hydrazone groups is 2. The van der Waals surface area contributed by atoms with E-state index in [0.717, 1.165) is 0 Å². The summed E-state index contributed by atoms with van der Waals surface area (Å²) in [5.41, 5.74) is 4.00. The van der Waals surface area contributed by atoms with Crippen molar-refractivity contribution in [2.75, 3.05) is 10.4 Å². The molecule has 1 aliphatic rings. The molecule has 1 amide bonds. The molecule has 33 heavy (non-hydrogen) atoms. The Morgan fingerprint density at radius 1 is 0.970 bits per heavy atom. The molecule has 0 unspecified atom stereocenters. The first-order valence-electron chi connectivity index (χ1n) is 9.38. The smallest absolute Gasteiger partial charge is 0.282 e. The Balaban J connectivity index is 1.70. The topological polar surface area (TPSA) is 155 Å². The second kappa shape index (κ2) is 8.61. The third-order valence-electron chi connectivity index (χ3n) is 4.62. The van der Waals surface area contributed by atoms with Crippen molar-refractivity contribution >= 4 is 44.5 Å². The standard InChI is InChI=1S/C21H15N5O6S/c27-21-20(23-22-15-8-12-18(13-9-15)33(30,31)32)19(14-6-10-17(11-7-14)26(28)29)24-25(21)16-4-2-1-3-5-16/h1-13,22H,(H,30,31,32)/b23-20-. The van der Waals surface area contributed by atoms with Crippen LogP contribution in [0.1, 0.15) is 5.56 Å². The molecule has 0 saturated carbocycles. The highest BCUT2D eigenvalue weighted by molar-refractivity contribution is 7.85. The number of hydrogen-bond donors (Lipinski definition) is 2. The van der Waals surface area contributed by atoms with Gasteiger partial charge in [0.2, 0.25) is 0 Å². The number of amides is 1. The number of anilines is 2. The van der Waals surface area contributed by atoms with Crippen molar-refractivity contribution in [3.05, 3.63) is 94.5 Å². The summed E-state index contributed by atoms with van der Waals surface area (Å²) in [6.07, 6.45) is 0. The Hall–Kier alpha value is -4.42. The Morgan fingerprint density at radius 3 is 2.18 bits per heavy atom. The van der Waals surface area contributed by atoms with Gasteiger partial charge in [-0.15, -0.1) is 0 Å². The summed E-state index contributed by atoms with van der Waals surface area (Å²) in [5, 5.41) is 20.7. The van der Waals surface area contributed by atoms with E-state index in [2.05, 4.69) is 15.6 Å². The molecule has 1 aliphatic heterocycles. The molecular weight excluding hydrogens is 450 g/mol. The quantitative estimate of drug-likeness (QED) is 0.322. The number of para-hydroxylation sites is 1. The van der Waals surface area contributed by atoms with E-state index in [1.807, 2.05) is 0 Å². The molecule has 0 spiro atoms. The number of carbonyl (C=O) groups is 1. The van der Waals surface area contributed by atoms with Gasteiger partial charge in [-0.1, -0.05) is 18.2 Å². The van der Waals surface area contributed by atoms with Crippen LogP contribution in [0.4, 0.5) is 17.1 Å². The number of hydrogen-bond acceptors (Lipinski definition) is 8. The first-order chi connectivity index (χ1) is 15.7. The predicted octanol–water partition coefficient (Wildman–Crippen LogP) is 3.06. The molecule has 3 aromatic carbocycles. The molecule has 0 radical (unpaired) electrons. The van der Waals surface area contributed by atoms with Crippen LogP contribution < -0.4 is 10.4 Å². The van der Waals surface area contributed by atoms with Crippen LogP contribution in [0.2, 0.25) is 0 Å². The SMILES string of the molecule is O=C1/C(=N\Nc2ccc(S(=O)(=O)O)cc2)C(c2ccc([N+](=O)[O-])cc2)=NN1c1ccccc1. The largest absolute Gasteiger partial charge is 0.301 e. The van der Waals surface area contributed by atoms with Crippen LogP contribution in [-0.2, 0) is 14.9 Å². The lowest BCUT2D eigenvalue weighted by atomic mass is 10.1. The van der Waals surface area contributed by atoms with Gasteiger partial charge in [0.25, 0.3) is 15.8 Å². The highest BCUT2D eigenvalue weighted by atomic mass is 32.2. The van der Waals surface area contributed by atoms with Gasteiger partial charge in [-0.3, -0.25) is 24.9 Å². The Kier molecular flexibility index (Phi) is 5.69. The van der Waals surface area contributed by atoms with E-state index in [4.69, 9.17) is 4.55 Å². The predicted molar refractivity (Wildman–Crippen MR) is 121 cm³/mol. The number of carbonyl (C=O) groups excluding carboxylic acids is 1. The molecule has 0 atom stereocenters. The lowest BCUT2D eigenvalue weighted by Crippen LogP contribution is -2.28. The highest BCUT2D eigenvalue weighted by Gasteiger charge is 2.34. The van der Waals surface area contributed by atoms with Crippen LogP contribution in [0.15, 0.2) is 94.0 Å². The molecule has 0 saturated heterocycles. The Morgan fingerprint density at radius 2 is 1.61 bits per heavy atom. The Bertz CT molecular complexity index is 1390. The van der Waals surface area contributed by atoms with Crippen LogP contribution >= 0.6 is 0 Å². The van der Waals surface area contributed by atoms with Gasteiger partial charge in [-0.2, -0.15) is 23.6 Å². The van der Waals surface area contributed by atoms with Gasteiger partial charge in [0, 0.05) is 17.7 Å². The van der Waals surface area contributed by atoms with E-state index >= 15 is 0 Å². The lowest BCUT2D eigenvalue weighted by molar-refractivity contribution is -0.384. The van der Waals surface area contributed by atoms with E-state index in [9.17, 15) is 23.3 Å². The van der Waals surface area contributed by atoms with Crippen LogP contribution in [-0.4, -0.2) is 35.2 Å². The van der Waals surface area contributed by atoms with Crippen molar-refractivity contribution in [1.82, 2.24) is 0 Å². The van der Waals surface area contributed by atoms with Crippen molar-refractivity contribution in [3.8, 4) is 0 Å². The molecule has 166 valence electrons.